The summed E-state index contributed by atoms with van der Waals surface area (Å²) in [6.07, 6.45) is 0. The van der Waals surface area contributed by atoms with Gasteiger partial charge in [0.05, 0.1) is 22.2 Å². The molecular weight excluding hydrogens is 406 g/mol. The Bertz CT molecular complexity index is 1270. The van der Waals surface area contributed by atoms with Crippen molar-refractivity contribution in [1.29, 1.82) is 0 Å². The first-order valence-electron chi connectivity index (χ1n) is 8.78. The average molecular weight is 421 g/mol. The van der Waals surface area contributed by atoms with E-state index in [0.29, 0.717) is 5.69 Å². The number of nitrogens with zero attached hydrogens (tertiary/aromatic N) is 2. The van der Waals surface area contributed by atoms with Crippen molar-refractivity contribution in [3.8, 4) is 22.1 Å². The summed E-state index contributed by atoms with van der Waals surface area (Å²) in [6, 6.07) is 16.3. The molecule has 4 aromatic rings. The highest BCUT2D eigenvalue weighted by molar-refractivity contribution is 7.21. The van der Waals surface area contributed by atoms with Gasteiger partial charge >= 0.3 is 5.69 Å². The molecule has 0 aliphatic heterocycles. The van der Waals surface area contributed by atoms with Crippen LogP contribution in [-0.4, -0.2) is 28.0 Å². The maximum atomic E-state index is 12.4. The first-order valence-corrected chi connectivity index (χ1v) is 9.60. The number of amides is 1. The molecule has 0 atom stereocenters. The van der Waals surface area contributed by atoms with Crippen LogP contribution in [0.5, 0.6) is 11.5 Å². The summed E-state index contributed by atoms with van der Waals surface area (Å²) >= 11 is 1.54. The molecule has 0 aliphatic rings. The van der Waals surface area contributed by atoms with Crippen LogP contribution in [0, 0.1) is 10.1 Å². The summed E-state index contributed by atoms with van der Waals surface area (Å²) in [4.78, 5) is 27.2. The van der Waals surface area contributed by atoms with Crippen LogP contribution in [0.4, 0.5) is 11.4 Å². The number of hydrogen-bond donors (Lipinski definition) is 2. The number of aromatic nitrogens is 1. The predicted molar refractivity (Wildman–Crippen MR) is 114 cm³/mol. The highest BCUT2D eigenvalue weighted by Crippen LogP contribution is 2.33. The monoisotopic (exact) mass is 421 g/mol. The number of hydrogen-bond acceptors (Lipinski definition) is 7. The molecule has 9 heteroatoms. The van der Waals surface area contributed by atoms with Crippen LogP contribution in [0.2, 0.25) is 0 Å². The van der Waals surface area contributed by atoms with E-state index in [9.17, 15) is 20.0 Å². The highest BCUT2D eigenvalue weighted by atomic mass is 32.1. The van der Waals surface area contributed by atoms with Crippen molar-refractivity contribution in [2.24, 2.45) is 0 Å². The summed E-state index contributed by atoms with van der Waals surface area (Å²) in [5.41, 5.74) is 1.85. The molecule has 8 nitrogen and oxygen atoms in total. The van der Waals surface area contributed by atoms with E-state index in [1.54, 1.807) is 19.2 Å². The number of fused-ring (bicyclic) bond motifs is 1. The third kappa shape index (κ3) is 3.78. The molecule has 4 rings (SSSR count). The smallest absolute Gasteiger partial charge is 0.311 e. The van der Waals surface area contributed by atoms with Gasteiger partial charge in [-0.25, -0.2) is 4.98 Å². The molecule has 0 fully saturated rings. The fourth-order valence-electron chi connectivity index (χ4n) is 2.87. The van der Waals surface area contributed by atoms with E-state index in [2.05, 4.69) is 10.3 Å². The van der Waals surface area contributed by atoms with Crippen molar-refractivity contribution in [1.82, 2.24) is 4.98 Å². The van der Waals surface area contributed by atoms with Gasteiger partial charge in [-0.1, -0.05) is 0 Å². The van der Waals surface area contributed by atoms with Gasteiger partial charge in [0.25, 0.3) is 5.91 Å². The van der Waals surface area contributed by atoms with Gasteiger partial charge in [0, 0.05) is 22.9 Å². The van der Waals surface area contributed by atoms with Crippen molar-refractivity contribution >= 4 is 38.8 Å². The minimum atomic E-state index is -0.742. The number of nitrogens with one attached hydrogen (secondary N) is 1. The fraction of sp³-hybridized carbons (Fsp3) is 0.0476. The van der Waals surface area contributed by atoms with E-state index in [4.69, 9.17) is 4.74 Å². The van der Waals surface area contributed by atoms with Crippen LogP contribution in [-0.2, 0) is 0 Å². The number of methoxy groups -OCH3 is 1. The number of benzene rings is 3. The molecule has 2 N–H and O–H groups in total. The Morgan fingerprint density at radius 1 is 1.13 bits per heavy atom. The highest BCUT2D eigenvalue weighted by Gasteiger charge is 2.17. The number of phenols is 1. The normalized spacial score (nSPS) is 10.7. The molecule has 3 aromatic carbocycles. The molecule has 150 valence electrons. The predicted octanol–water partition coefficient (Wildman–Crippen LogP) is 4.84. The Morgan fingerprint density at radius 2 is 1.90 bits per heavy atom. The molecule has 30 heavy (non-hydrogen) atoms. The van der Waals surface area contributed by atoms with Gasteiger partial charge in [0.15, 0.2) is 5.75 Å². The van der Waals surface area contributed by atoms with E-state index in [1.165, 1.54) is 17.4 Å². The number of anilines is 1. The van der Waals surface area contributed by atoms with E-state index in [0.717, 1.165) is 38.7 Å². The molecular formula is C21H15N3O5S. The van der Waals surface area contributed by atoms with Crippen LogP contribution in [0.1, 0.15) is 10.4 Å². The number of nitro benzene ring substituents is 1. The molecule has 0 spiro atoms. The number of carbonyl (C=O) groups is 1. The van der Waals surface area contributed by atoms with Gasteiger partial charge < -0.3 is 15.2 Å². The molecule has 0 saturated heterocycles. The van der Waals surface area contributed by atoms with Crippen molar-refractivity contribution in [3.05, 3.63) is 76.3 Å². The lowest BCUT2D eigenvalue weighted by molar-refractivity contribution is -0.385. The Hall–Kier alpha value is -3.98. The lowest BCUT2D eigenvalue weighted by Crippen LogP contribution is -2.12. The Morgan fingerprint density at radius 3 is 2.60 bits per heavy atom. The van der Waals surface area contributed by atoms with Gasteiger partial charge in [0.2, 0.25) is 0 Å². The third-order valence-corrected chi connectivity index (χ3v) is 5.49. The van der Waals surface area contributed by atoms with Crippen molar-refractivity contribution in [2.45, 2.75) is 0 Å². The topological polar surface area (TPSA) is 115 Å². The Balaban J connectivity index is 1.53. The van der Waals surface area contributed by atoms with Crippen molar-refractivity contribution in [2.75, 3.05) is 12.4 Å². The molecule has 0 aliphatic carbocycles. The van der Waals surface area contributed by atoms with E-state index in [1.807, 2.05) is 30.3 Å². The molecule has 0 saturated carbocycles. The van der Waals surface area contributed by atoms with Crippen LogP contribution in [0.25, 0.3) is 20.8 Å². The number of carbonyl (C=O) groups excluding carboxylic acids is 1. The zero-order valence-electron chi connectivity index (χ0n) is 15.7. The Labute approximate surface area is 174 Å². The second-order valence-electron chi connectivity index (χ2n) is 6.34. The van der Waals surface area contributed by atoms with Crippen molar-refractivity contribution < 1.29 is 19.6 Å². The second kappa shape index (κ2) is 7.80. The lowest BCUT2D eigenvalue weighted by atomic mass is 10.1. The van der Waals surface area contributed by atoms with E-state index >= 15 is 0 Å². The minimum absolute atomic E-state index is 0.0729. The summed E-state index contributed by atoms with van der Waals surface area (Å²) in [7, 11) is 1.62. The Kier molecular flexibility index (Phi) is 5.03. The molecule has 1 amide bonds. The quantitative estimate of drug-likeness (QED) is 0.352. The molecule has 1 heterocycles. The lowest BCUT2D eigenvalue weighted by Gasteiger charge is -2.06. The zero-order valence-corrected chi connectivity index (χ0v) is 16.5. The minimum Gasteiger partial charge on any atom is -0.502 e. The second-order valence-corrected chi connectivity index (χ2v) is 7.38. The number of thiazole rings is 1. The number of ether oxygens (including phenoxy) is 1. The summed E-state index contributed by atoms with van der Waals surface area (Å²) in [5, 5.41) is 24.0. The summed E-state index contributed by atoms with van der Waals surface area (Å²) in [6.45, 7) is 0. The van der Waals surface area contributed by atoms with Crippen LogP contribution in [0.15, 0.2) is 60.7 Å². The number of phenolic OH excluding ortho intramolecular Hbond substituents is 1. The van der Waals surface area contributed by atoms with Gasteiger partial charge in [-0.15, -0.1) is 11.3 Å². The van der Waals surface area contributed by atoms with Gasteiger partial charge in [-0.3, -0.25) is 14.9 Å². The van der Waals surface area contributed by atoms with Crippen LogP contribution < -0.4 is 10.1 Å². The average Bonchev–Trinajstić information content (AvgIpc) is 3.17. The van der Waals surface area contributed by atoms with Gasteiger partial charge in [0.1, 0.15) is 10.8 Å². The van der Waals surface area contributed by atoms with Crippen molar-refractivity contribution in [3.63, 3.8) is 0 Å². The SMILES string of the molecule is COc1ccc2nc(-c3ccc(NC(=O)c4ccc(O)c([N+](=O)[O-])c4)cc3)sc2c1. The maximum Gasteiger partial charge on any atom is 0.311 e. The number of nitro groups is 1. The standard InChI is InChI=1S/C21H15N3O5S/c1-29-15-7-8-16-19(11-15)30-21(23-16)12-2-5-14(6-3-12)22-20(26)13-4-9-18(25)17(10-13)24(27)28/h2-11,25H,1H3,(H,22,26). The van der Waals surface area contributed by atoms with Crippen LogP contribution in [0.3, 0.4) is 0 Å². The van der Waals surface area contributed by atoms with Gasteiger partial charge in [-0.05, 0) is 54.6 Å². The molecule has 0 radical (unpaired) electrons. The molecule has 0 bridgehead atoms. The van der Waals surface area contributed by atoms with E-state index in [-0.39, 0.29) is 5.56 Å². The van der Waals surface area contributed by atoms with E-state index < -0.39 is 22.3 Å². The number of aromatic hydroxyl groups is 1. The fourth-order valence-corrected chi connectivity index (χ4v) is 3.87. The summed E-state index contributed by atoms with van der Waals surface area (Å²) < 4.78 is 6.25. The largest absolute Gasteiger partial charge is 0.502 e. The molecule has 1 aromatic heterocycles. The first kappa shape index (κ1) is 19.3. The molecule has 0 unspecified atom stereocenters. The van der Waals surface area contributed by atoms with Crippen LogP contribution >= 0.6 is 11.3 Å². The number of rotatable bonds is 5. The summed E-state index contributed by atoms with van der Waals surface area (Å²) in [5.74, 6) is -0.238. The first-order chi connectivity index (χ1) is 14.4. The maximum absolute atomic E-state index is 12.4. The van der Waals surface area contributed by atoms with Gasteiger partial charge in [-0.2, -0.15) is 0 Å². The zero-order chi connectivity index (χ0) is 21.3. The third-order valence-electron chi connectivity index (χ3n) is 4.42.